The van der Waals surface area contributed by atoms with Crippen molar-refractivity contribution in [1.82, 2.24) is 19.9 Å². The normalized spacial score (nSPS) is 13.5. The third-order valence-electron chi connectivity index (χ3n) is 9.63. The first-order valence-electron chi connectivity index (χ1n) is 20.3. The molecule has 0 fully saturated rings. The molecule has 2 aromatic carbocycles. The van der Waals surface area contributed by atoms with Crippen molar-refractivity contribution in [2.45, 2.75) is 89.6 Å². The summed E-state index contributed by atoms with van der Waals surface area (Å²) in [6, 6.07) is 11.0. The smallest absolute Gasteiger partial charge is 1.00 e. The number of aliphatic hydroxyl groups is 4. The average Bonchev–Trinajstić information content (AvgIpc) is 3.20. The number of anilines is 2. The number of carbonyl (C=O) groups is 2. The van der Waals surface area contributed by atoms with Gasteiger partial charge in [-0.3, -0.25) is 9.59 Å². The molecule has 366 valence electrons. The summed E-state index contributed by atoms with van der Waals surface area (Å²) < 4.78 is 77.2. The second-order valence-corrected chi connectivity index (χ2v) is 20.0. The third kappa shape index (κ3) is 19.1. The Labute approximate surface area is 440 Å². The molecular weight excluding hydrogens is 1010 g/mol. The first-order valence-corrected chi connectivity index (χ1v) is 24.0. The zero-order valence-electron chi connectivity index (χ0n) is 41.0. The van der Waals surface area contributed by atoms with Gasteiger partial charge in [0.05, 0.1) is 72.5 Å². The van der Waals surface area contributed by atoms with Crippen LogP contribution in [0.4, 0.5) is 20.7 Å². The van der Waals surface area contributed by atoms with Gasteiger partial charge in [0.1, 0.15) is 11.6 Å². The molecule has 0 unspecified atom stereocenters. The summed E-state index contributed by atoms with van der Waals surface area (Å²) in [6.45, 7) is 7.41. The Kier molecular flexibility index (Phi) is 25.1. The van der Waals surface area contributed by atoms with Crippen LogP contribution in [0.3, 0.4) is 0 Å². The van der Waals surface area contributed by atoms with Crippen molar-refractivity contribution in [2.75, 3.05) is 35.2 Å². The number of carboxylic acid groups (broad SMARTS) is 2. The molecule has 0 radical (unpaired) electrons. The number of halogens is 2. The van der Waals surface area contributed by atoms with Crippen molar-refractivity contribution in [3.8, 4) is 22.5 Å². The molecule has 0 amide bonds. The number of aliphatic hydroxyl groups excluding tert-OH is 4. The van der Waals surface area contributed by atoms with Crippen LogP contribution in [0.5, 0.6) is 0 Å². The summed E-state index contributed by atoms with van der Waals surface area (Å²) in [6.07, 6.45) is 1.72. The molecule has 0 bridgehead atoms. The Hall–Kier alpha value is -3.90. The topological polar surface area (TPSA) is 282 Å². The van der Waals surface area contributed by atoms with Crippen molar-refractivity contribution in [3.63, 3.8) is 0 Å². The molecule has 0 aliphatic heterocycles. The molecule has 4 aromatic rings. The summed E-state index contributed by atoms with van der Waals surface area (Å²) in [5.74, 6) is -3.74. The Balaban J connectivity index is 0. The van der Waals surface area contributed by atoms with Gasteiger partial charge in [-0.2, -0.15) is 0 Å². The second kappa shape index (κ2) is 27.5. The largest absolute Gasteiger partial charge is 2.00 e. The molecule has 0 aliphatic rings. The molecule has 4 rings (SSSR count). The SMILES string of the molecule is CC(C)c1nc(N(C)S(C)(=O)=O)nc(-c2ccc(F)cc2)c1C=C[C@@H](O)C[C@@H](O)CC(=O)O.CC(C)c1nc(N(C)S(C)(=O)=O)nc(-c2ccc(F)cc2)c1C=C[C@@H](O)C[C@@H](O)CC(=O)O.[Ca+2].[H-].[H-].[Zn]. The van der Waals surface area contributed by atoms with Crippen LogP contribution in [0.2, 0.25) is 0 Å². The van der Waals surface area contributed by atoms with E-state index in [2.05, 4.69) is 19.9 Å². The molecule has 2 aromatic heterocycles. The van der Waals surface area contributed by atoms with Gasteiger partial charge < -0.3 is 33.5 Å². The Morgan fingerprint density at radius 2 is 0.912 bits per heavy atom. The van der Waals surface area contributed by atoms with Gasteiger partial charge in [-0.15, -0.1) is 0 Å². The fourth-order valence-electron chi connectivity index (χ4n) is 6.09. The molecule has 4 atom stereocenters. The fourth-order valence-corrected chi connectivity index (χ4v) is 6.85. The van der Waals surface area contributed by atoms with Gasteiger partial charge in [0.15, 0.2) is 0 Å². The maximum atomic E-state index is 13.5. The van der Waals surface area contributed by atoms with E-state index in [0.29, 0.717) is 45.0 Å². The number of nitrogens with zero attached hydrogens (tertiary/aromatic N) is 6. The van der Waals surface area contributed by atoms with Crippen LogP contribution in [0, 0.1) is 11.6 Å². The summed E-state index contributed by atoms with van der Waals surface area (Å²) in [7, 11) is -4.65. The van der Waals surface area contributed by atoms with Gasteiger partial charge in [-0.1, -0.05) is 52.0 Å². The Morgan fingerprint density at radius 3 is 1.16 bits per heavy atom. The molecule has 2 heterocycles. The van der Waals surface area contributed by atoms with E-state index in [1.165, 1.54) is 86.9 Å². The number of benzene rings is 2. The van der Waals surface area contributed by atoms with Crippen LogP contribution < -0.4 is 8.61 Å². The number of sulfonamides is 2. The number of aromatic nitrogens is 4. The third-order valence-corrected chi connectivity index (χ3v) is 11.9. The van der Waals surface area contributed by atoms with Crippen molar-refractivity contribution in [1.29, 1.82) is 0 Å². The zero-order chi connectivity index (χ0) is 49.8. The molecule has 18 nitrogen and oxygen atoms in total. The molecule has 24 heteroatoms. The number of hydrogen-bond acceptors (Lipinski definition) is 14. The van der Waals surface area contributed by atoms with Gasteiger partial charge in [-0.05, 0) is 60.4 Å². The summed E-state index contributed by atoms with van der Waals surface area (Å²) in [5.41, 5.74) is 3.60. The monoisotopic (exact) mass is 1070 g/mol. The first-order chi connectivity index (χ1) is 30.6. The van der Waals surface area contributed by atoms with E-state index in [1.807, 2.05) is 27.7 Å². The number of hydrogen-bond donors (Lipinski definition) is 6. The molecule has 68 heavy (non-hydrogen) atoms. The van der Waals surface area contributed by atoms with Crippen LogP contribution in [-0.4, -0.2) is 168 Å². The van der Waals surface area contributed by atoms with Gasteiger partial charge in [0.2, 0.25) is 31.9 Å². The van der Waals surface area contributed by atoms with Crippen LogP contribution in [-0.2, 0) is 49.1 Å². The fraction of sp³-hybridized carbons (Fsp3) is 0.409. The minimum atomic E-state index is -3.65. The summed E-state index contributed by atoms with van der Waals surface area (Å²) >= 11 is 0. The second-order valence-electron chi connectivity index (χ2n) is 16.0. The maximum absolute atomic E-state index is 13.5. The number of carboxylic acids is 2. The van der Waals surface area contributed by atoms with Crippen molar-refractivity contribution < 1.29 is 88.2 Å². The van der Waals surface area contributed by atoms with E-state index in [-0.39, 0.29) is 96.6 Å². The molecule has 0 saturated carbocycles. The predicted octanol–water partition coefficient (Wildman–Crippen LogP) is 4.65. The van der Waals surface area contributed by atoms with Crippen LogP contribution in [0.25, 0.3) is 34.7 Å². The van der Waals surface area contributed by atoms with E-state index in [0.717, 1.165) is 21.1 Å². The molecular formula is C44H58CaF2N6O12S2Zn. The van der Waals surface area contributed by atoms with Crippen molar-refractivity contribution >= 4 is 93.8 Å². The predicted molar refractivity (Wildman–Crippen MR) is 253 cm³/mol. The van der Waals surface area contributed by atoms with Crippen LogP contribution in [0.15, 0.2) is 60.7 Å². The van der Waals surface area contributed by atoms with E-state index in [1.54, 1.807) is 0 Å². The maximum Gasteiger partial charge on any atom is 2.00 e. The Morgan fingerprint density at radius 1 is 0.618 bits per heavy atom. The van der Waals surface area contributed by atoms with E-state index in [4.69, 9.17) is 10.2 Å². The van der Waals surface area contributed by atoms with Crippen molar-refractivity contribution in [3.05, 3.63) is 94.8 Å². The molecule has 0 spiro atoms. The summed E-state index contributed by atoms with van der Waals surface area (Å²) in [4.78, 5) is 39.1. The molecule has 6 N–H and O–H groups in total. The van der Waals surface area contributed by atoms with Gasteiger partial charge in [0.25, 0.3) is 0 Å². The van der Waals surface area contributed by atoms with E-state index in [9.17, 15) is 55.6 Å². The van der Waals surface area contributed by atoms with Crippen LogP contribution >= 0.6 is 0 Å². The van der Waals surface area contributed by atoms with Gasteiger partial charge in [0, 0.05) is 68.7 Å². The summed E-state index contributed by atoms with van der Waals surface area (Å²) in [5, 5.41) is 57.6. The molecule has 0 saturated heterocycles. The van der Waals surface area contributed by atoms with Gasteiger partial charge in [-0.25, -0.2) is 54.2 Å². The Bertz CT molecular complexity index is 2450. The minimum Gasteiger partial charge on any atom is -1.00 e. The quantitative estimate of drug-likeness (QED) is 0.0658. The number of rotatable bonds is 20. The molecule has 0 aliphatic carbocycles. The zero-order valence-corrected chi connectivity index (χ0v) is 45.8. The van der Waals surface area contributed by atoms with E-state index < -0.39 is 80.9 Å². The van der Waals surface area contributed by atoms with E-state index >= 15 is 0 Å². The number of aliphatic carboxylic acids is 2. The minimum absolute atomic E-state index is 0. The average molecular weight is 1070 g/mol. The first kappa shape index (κ1) is 62.1. The standard InChI is InChI=1S/2C22H28FN3O6S.Ca.Zn.2H/c2*1-13(2)20-18(10-9-16(27)11-17(28)12-19(29)30)21(14-5-7-15(23)8-6-14)25-22(24-20)26(3)33(4,31)32;;;;/h2*5-10,13,16-17,27-28H,11-12H2,1-4H3,(H,29,30);;;;/q;;+2;;2*-1/t2*16-,17-;;;;/m11..../s1. The van der Waals surface area contributed by atoms with Crippen molar-refractivity contribution in [2.24, 2.45) is 0 Å². The van der Waals surface area contributed by atoms with Gasteiger partial charge >= 0.3 is 49.7 Å². The van der Waals surface area contributed by atoms with Crippen LogP contribution in [0.1, 0.15) is 90.6 Å².